The van der Waals surface area contributed by atoms with Crippen molar-refractivity contribution in [1.29, 1.82) is 0 Å². The summed E-state index contributed by atoms with van der Waals surface area (Å²) in [4.78, 5) is 14.2. The fourth-order valence-electron chi connectivity index (χ4n) is 2.46. The lowest BCUT2D eigenvalue weighted by atomic mass is 9.94. The minimum Gasteiger partial charge on any atom is -0.343 e. The highest BCUT2D eigenvalue weighted by Gasteiger charge is 2.14. The van der Waals surface area contributed by atoms with E-state index in [1.807, 2.05) is 4.90 Å². The van der Waals surface area contributed by atoms with Crippen LogP contribution in [0.2, 0.25) is 0 Å². The van der Waals surface area contributed by atoms with Crippen LogP contribution in [0.5, 0.6) is 0 Å². The quantitative estimate of drug-likeness (QED) is 0.617. The molecule has 0 aromatic carbocycles. The standard InChI is InChI=1S/C15H32N2O/c1-4-7-14(10-11-16)8-9-15(18)17(12-5-2)13-6-3/h14H,4-13,16H2,1-3H3. The van der Waals surface area contributed by atoms with Gasteiger partial charge in [0.25, 0.3) is 0 Å². The predicted octanol–water partition coefficient (Wildman–Crippen LogP) is 3.18. The van der Waals surface area contributed by atoms with E-state index in [1.165, 1.54) is 12.8 Å². The van der Waals surface area contributed by atoms with Crippen LogP contribution in [0.15, 0.2) is 0 Å². The summed E-state index contributed by atoms with van der Waals surface area (Å²) in [6.45, 7) is 9.01. The number of amides is 1. The van der Waals surface area contributed by atoms with Gasteiger partial charge in [-0.05, 0) is 38.1 Å². The van der Waals surface area contributed by atoms with E-state index in [0.717, 1.165) is 45.3 Å². The van der Waals surface area contributed by atoms with Crippen molar-refractivity contribution in [2.45, 2.75) is 65.7 Å². The Bertz CT molecular complexity index is 195. The van der Waals surface area contributed by atoms with E-state index in [0.29, 0.717) is 18.2 Å². The third kappa shape index (κ3) is 7.70. The number of hydrogen-bond acceptors (Lipinski definition) is 2. The predicted molar refractivity (Wildman–Crippen MR) is 78.5 cm³/mol. The molecule has 0 saturated carbocycles. The second-order valence-electron chi connectivity index (χ2n) is 5.15. The molecule has 0 aliphatic carbocycles. The monoisotopic (exact) mass is 256 g/mol. The SMILES string of the molecule is CCCC(CCN)CCC(=O)N(CCC)CCC. The summed E-state index contributed by atoms with van der Waals surface area (Å²) in [6, 6.07) is 0. The van der Waals surface area contributed by atoms with Gasteiger partial charge in [0.05, 0.1) is 0 Å². The summed E-state index contributed by atoms with van der Waals surface area (Å²) in [5, 5.41) is 0. The van der Waals surface area contributed by atoms with Gasteiger partial charge in [0.2, 0.25) is 5.91 Å². The molecular formula is C15H32N2O. The number of hydrogen-bond donors (Lipinski definition) is 1. The number of nitrogens with two attached hydrogens (primary N) is 1. The molecule has 1 amide bonds. The molecule has 2 N–H and O–H groups in total. The molecular weight excluding hydrogens is 224 g/mol. The minimum atomic E-state index is 0.330. The highest BCUT2D eigenvalue weighted by molar-refractivity contribution is 5.76. The van der Waals surface area contributed by atoms with E-state index < -0.39 is 0 Å². The van der Waals surface area contributed by atoms with Gasteiger partial charge in [0.1, 0.15) is 0 Å². The maximum atomic E-state index is 12.1. The molecule has 1 atom stereocenters. The molecule has 0 aromatic heterocycles. The summed E-state index contributed by atoms with van der Waals surface area (Å²) in [7, 11) is 0. The van der Waals surface area contributed by atoms with Crippen molar-refractivity contribution in [2.24, 2.45) is 11.7 Å². The lowest BCUT2D eigenvalue weighted by Gasteiger charge is -2.23. The lowest BCUT2D eigenvalue weighted by Crippen LogP contribution is -2.32. The molecule has 0 spiro atoms. The first kappa shape index (κ1) is 17.4. The van der Waals surface area contributed by atoms with Crippen molar-refractivity contribution in [1.82, 2.24) is 4.90 Å². The third-order valence-corrected chi connectivity index (χ3v) is 3.38. The molecule has 0 saturated heterocycles. The molecule has 108 valence electrons. The largest absolute Gasteiger partial charge is 0.343 e. The first-order valence-electron chi connectivity index (χ1n) is 7.67. The van der Waals surface area contributed by atoms with E-state index in [4.69, 9.17) is 5.73 Å². The van der Waals surface area contributed by atoms with Crippen molar-refractivity contribution in [2.75, 3.05) is 19.6 Å². The Morgan fingerprint density at radius 2 is 1.61 bits per heavy atom. The van der Waals surface area contributed by atoms with Crippen LogP contribution >= 0.6 is 0 Å². The third-order valence-electron chi connectivity index (χ3n) is 3.38. The van der Waals surface area contributed by atoms with E-state index in [9.17, 15) is 4.79 Å². The number of nitrogens with zero attached hydrogens (tertiary/aromatic N) is 1. The molecule has 0 heterocycles. The van der Waals surface area contributed by atoms with Crippen molar-refractivity contribution < 1.29 is 4.79 Å². The van der Waals surface area contributed by atoms with Crippen molar-refractivity contribution >= 4 is 5.91 Å². The molecule has 0 aliphatic heterocycles. The average molecular weight is 256 g/mol. The van der Waals surface area contributed by atoms with Crippen LogP contribution in [-0.4, -0.2) is 30.4 Å². The number of carbonyl (C=O) groups is 1. The molecule has 3 nitrogen and oxygen atoms in total. The topological polar surface area (TPSA) is 46.3 Å². The molecule has 0 rings (SSSR count). The fraction of sp³-hybridized carbons (Fsp3) is 0.933. The molecule has 0 aliphatic rings. The van der Waals surface area contributed by atoms with Gasteiger partial charge >= 0.3 is 0 Å². The van der Waals surface area contributed by atoms with Crippen LogP contribution in [0.1, 0.15) is 65.7 Å². The Morgan fingerprint density at radius 3 is 2.06 bits per heavy atom. The van der Waals surface area contributed by atoms with E-state index in [2.05, 4.69) is 20.8 Å². The van der Waals surface area contributed by atoms with E-state index in [-0.39, 0.29) is 0 Å². The Morgan fingerprint density at radius 1 is 1.00 bits per heavy atom. The van der Waals surface area contributed by atoms with Gasteiger partial charge in [-0.25, -0.2) is 0 Å². The van der Waals surface area contributed by atoms with Crippen LogP contribution in [0.25, 0.3) is 0 Å². The molecule has 1 unspecified atom stereocenters. The smallest absolute Gasteiger partial charge is 0.222 e. The molecule has 3 heteroatoms. The molecule has 0 fully saturated rings. The first-order valence-corrected chi connectivity index (χ1v) is 7.67. The molecule has 0 aromatic rings. The van der Waals surface area contributed by atoms with Gasteiger partial charge in [0, 0.05) is 19.5 Å². The zero-order valence-electron chi connectivity index (χ0n) is 12.6. The van der Waals surface area contributed by atoms with Gasteiger partial charge in [-0.1, -0.05) is 33.6 Å². The fourth-order valence-corrected chi connectivity index (χ4v) is 2.46. The zero-order chi connectivity index (χ0) is 13.8. The second-order valence-corrected chi connectivity index (χ2v) is 5.15. The summed E-state index contributed by atoms with van der Waals surface area (Å²) < 4.78 is 0. The second kappa shape index (κ2) is 11.5. The molecule has 18 heavy (non-hydrogen) atoms. The number of carbonyl (C=O) groups excluding carboxylic acids is 1. The summed E-state index contributed by atoms with van der Waals surface area (Å²) >= 11 is 0. The summed E-state index contributed by atoms with van der Waals surface area (Å²) in [6.07, 6.45) is 7.25. The first-order chi connectivity index (χ1) is 8.69. The van der Waals surface area contributed by atoms with Crippen molar-refractivity contribution in [3.63, 3.8) is 0 Å². The van der Waals surface area contributed by atoms with Gasteiger partial charge in [-0.2, -0.15) is 0 Å². The highest BCUT2D eigenvalue weighted by atomic mass is 16.2. The Balaban J connectivity index is 4.08. The van der Waals surface area contributed by atoms with Gasteiger partial charge < -0.3 is 10.6 Å². The Hall–Kier alpha value is -0.570. The van der Waals surface area contributed by atoms with Gasteiger partial charge in [-0.15, -0.1) is 0 Å². The van der Waals surface area contributed by atoms with Crippen molar-refractivity contribution in [3.05, 3.63) is 0 Å². The van der Waals surface area contributed by atoms with Gasteiger partial charge in [-0.3, -0.25) is 4.79 Å². The van der Waals surface area contributed by atoms with Crippen LogP contribution in [0, 0.1) is 5.92 Å². The van der Waals surface area contributed by atoms with E-state index in [1.54, 1.807) is 0 Å². The maximum Gasteiger partial charge on any atom is 0.222 e. The maximum absolute atomic E-state index is 12.1. The Kier molecular flexibility index (Phi) is 11.2. The van der Waals surface area contributed by atoms with Gasteiger partial charge in [0.15, 0.2) is 0 Å². The van der Waals surface area contributed by atoms with Crippen molar-refractivity contribution in [3.8, 4) is 0 Å². The van der Waals surface area contributed by atoms with Crippen LogP contribution < -0.4 is 5.73 Å². The van der Waals surface area contributed by atoms with Crippen LogP contribution in [-0.2, 0) is 4.79 Å². The highest BCUT2D eigenvalue weighted by Crippen LogP contribution is 2.17. The summed E-state index contributed by atoms with van der Waals surface area (Å²) in [5.74, 6) is 0.964. The summed E-state index contributed by atoms with van der Waals surface area (Å²) in [5.41, 5.74) is 5.63. The zero-order valence-corrected chi connectivity index (χ0v) is 12.6. The Labute approximate surface area is 113 Å². The van der Waals surface area contributed by atoms with Crippen LogP contribution in [0.3, 0.4) is 0 Å². The van der Waals surface area contributed by atoms with Crippen LogP contribution in [0.4, 0.5) is 0 Å². The molecule has 0 bridgehead atoms. The minimum absolute atomic E-state index is 0.330. The lowest BCUT2D eigenvalue weighted by molar-refractivity contribution is -0.131. The van der Waals surface area contributed by atoms with E-state index >= 15 is 0 Å². The average Bonchev–Trinajstić information content (AvgIpc) is 2.36. The number of rotatable bonds is 11. The normalized spacial score (nSPS) is 12.4. The molecule has 0 radical (unpaired) electrons.